The van der Waals surface area contributed by atoms with E-state index in [1.54, 1.807) is 6.92 Å². The Hall–Kier alpha value is -2.89. The summed E-state index contributed by atoms with van der Waals surface area (Å²) in [7, 11) is 0. The van der Waals surface area contributed by atoms with Crippen molar-refractivity contribution in [3.8, 4) is 0 Å². The molecule has 2 heterocycles. The molecule has 0 aliphatic carbocycles. The summed E-state index contributed by atoms with van der Waals surface area (Å²) in [6.45, 7) is 3.53. The first-order valence-electron chi connectivity index (χ1n) is 9.00. The minimum atomic E-state index is -0.0720. The molecule has 1 aliphatic heterocycles. The molecule has 134 valence electrons. The van der Waals surface area contributed by atoms with Crippen LogP contribution in [0, 0.1) is 6.92 Å². The average Bonchev–Trinajstić information content (AvgIpc) is 3.11. The Labute approximate surface area is 152 Å². The number of urea groups is 1. The topological polar surface area (TPSA) is 71.3 Å². The highest BCUT2D eigenvalue weighted by Crippen LogP contribution is 2.33. The van der Waals surface area contributed by atoms with Gasteiger partial charge in [0.2, 0.25) is 5.89 Å². The summed E-state index contributed by atoms with van der Waals surface area (Å²) in [5.74, 6) is 1.50. The van der Waals surface area contributed by atoms with Gasteiger partial charge in [-0.15, -0.1) is 0 Å². The van der Waals surface area contributed by atoms with Gasteiger partial charge in [-0.05, 0) is 42.0 Å². The van der Waals surface area contributed by atoms with Gasteiger partial charge in [-0.25, -0.2) is 4.79 Å². The maximum atomic E-state index is 12.4. The fourth-order valence-corrected chi connectivity index (χ4v) is 3.67. The zero-order valence-corrected chi connectivity index (χ0v) is 14.8. The quantitative estimate of drug-likeness (QED) is 0.783. The van der Waals surface area contributed by atoms with Crippen LogP contribution in [0.2, 0.25) is 0 Å². The summed E-state index contributed by atoms with van der Waals surface area (Å²) in [6.07, 6.45) is 1.95. The molecule has 6 heteroatoms. The fraction of sp³-hybridized carbons (Fsp3) is 0.350. The molecule has 6 nitrogen and oxygen atoms in total. The monoisotopic (exact) mass is 350 g/mol. The number of aryl methyl sites for hydroxylation is 1. The van der Waals surface area contributed by atoms with E-state index in [9.17, 15) is 4.79 Å². The largest absolute Gasteiger partial charge is 0.337 e. The van der Waals surface area contributed by atoms with E-state index in [-0.39, 0.29) is 12.6 Å². The standard InChI is InChI=1S/C20H22N4O2/c1-14-22-19(26-23-14)13-21-20(25)24-11-9-16(10-12-24)18-8-4-6-15-5-2-3-7-17(15)18/h2-8,16H,9-13H2,1H3,(H,21,25). The lowest BCUT2D eigenvalue weighted by Crippen LogP contribution is -2.43. The number of carbonyl (C=O) groups is 1. The second kappa shape index (κ2) is 7.15. The Morgan fingerprint density at radius 1 is 1.19 bits per heavy atom. The summed E-state index contributed by atoms with van der Waals surface area (Å²) in [5, 5.41) is 9.18. The van der Waals surface area contributed by atoms with Gasteiger partial charge >= 0.3 is 6.03 Å². The van der Waals surface area contributed by atoms with Crippen molar-refractivity contribution in [2.24, 2.45) is 0 Å². The average molecular weight is 350 g/mol. The van der Waals surface area contributed by atoms with Gasteiger partial charge in [-0.3, -0.25) is 0 Å². The summed E-state index contributed by atoms with van der Waals surface area (Å²) in [5.41, 5.74) is 1.39. The zero-order chi connectivity index (χ0) is 17.9. The second-order valence-corrected chi connectivity index (χ2v) is 6.72. The molecular formula is C20H22N4O2. The highest BCUT2D eigenvalue weighted by molar-refractivity contribution is 5.86. The summed E-state index contributed by atoms with van der Waals surface area (Å²) in [6, 6.07) is 14.9. The number of amides is 2. The van der Waals surface area contributed by atoms with Crippen LogP contribution in [0.1, 0.15) is 36.0 Å². The van der Waals surface area contributed by atoms with E-state index in [1.807, 2.05) is 4.90 Å². The molecule has 1 N–H and O–H groups in total. The van der Waals surface area contributed by atoms with Crippen LogP contribution in [0.4, 0.5) is 4.79 Å². The third-order valence-corrected chi connectivity index (χ3v) is 5.01. The molecule has 3 aromatic rings. The van der Waals surface area contributed by atoms with E-state index in [1.165, 1.54) is 16.3 Å². The molecule has 0 saturated carbocycles. The first-order valence-corrected chi connectivity index (χ1v) is 9.00. The highest BCUT2D eigenvalue weighted by atomic mass is 16.5. The number of benzene rings is 2. The van der Waals surface area contributed by atoms with Gasteiger partial charge in [0.1, 0.15) is 0 Å². The van der Waals surface area contributed by atoms with Gasteiger partial charge in [-0.1, -0.05) is 47.6 Å². The summed E-state index contributed by atoms with van der Waals surface area (Å²) >= 11 is 0. The van der Waals surface area contributed by atoms with Crippen molar-refractivity contribution < 1.29 is 9.32 Å². The predicted molar refractivity (Wildman–Crippen MR) is 98.8 cm³/mol. The van der Waals surface area contributed by atoms with E-state index in [0.717, 1.165) is 25.9 Å². The van der Waals surface area contributed by atoms with E-state index < -0.39 is 0 Å². The van der Waals surface area contributed by atoms with Crippen LogP contribution < -0.4 is 5.32 Å². The maximum Gasteiger partial charge on any atom is 0.317 e. The van der Waals surface area contributed by atoms with Crippen LogP contribution in [-0.2, 0) is 6.54 Å². The van der Waals surface area contributed by atoms with Gasteiger partial charge in [0.05, 0.1) is 6.54 Å². The third-order valence-electron chi connectivity index (χ3n) is 5.01. The van der Waals surface area contributed by atoms with Crippen molar-refractivity contribution in [1.29, 1.82) is 0 Å². The highest BCUT2D eigenvalue weighted by Gasteiger charge is 2.24. The Balaban J connectivity index is 1.37. The second-order valence-electron chi connectivity index (χ2n) is 6.72. The van der Waals surface area contributed by atoms with Crippen molar-refractivity contribution in [3.05, 3.63) is 59.7 Å². The number of hydrogen-bond donors (Lipinski definition) is 1. The van der Waals surface area contributed by atoms with Crippen LogP contribution in [0.25, 0.3) is 10.8 Å². The van der Waals surface area contributed by atoms with Gasteiger partial charge in [0, 0.05) is 13.1 Å². The van der Waals surface area contributed by atoms with Gasteiger partial charge in [-0.2, -0.15) is 4.98 Å². The van der Waals surface area contributed by atoms with Crippen molar-refractivity contribution in [2.75, 3.05) is 13.1 Å². The molecule has 2 amide bonds. The lowest BCUT2D eigenvalue weighted by Gasteiger charge is -2.32. The lowest BCUT2D eigenvalue weighted by molar-refractivity contribution is 0.179. The van der Waals surface area contributed by atoms with E-state index in [0.29, 0.717) is 17.6 Å². The lowest BCUT2D eigenvalue weighted by atomic mass is 9.86. The summed E-state index contributed by atoms with van der Waals surface area (Å²) < 4.78 is 5.02. The maximum absolute atomic E-state index is 12.4. The van der Waals surface area contributed by atoms with Crippen molar-refractivity contribution in [3.63, 3.8) is 0 Å². The molecule has 4 rings (SSSR count). The van der Waals surface area contributed by atoms with Crippen molar-refractivity contribution in [2.45, 2.75) is 32.2 Å². The predicted octanol–water partition coefficient (Wildman–Crippen LogP) is 3.62. The molecule has 0 spiro atoms. The van der Waals surface area contributed by atoms with Crippen molar-refractivity contribution in [1.82, 2.24) is 20.4 Å². The number of rotatable bonds is 3. The van der Waals surface area contributed by atoms with Crippen LogP contribution in [-0.4, -0.2) is 34.2 Å². The molecule has 1 aliphatic rings. The number of hydrogen-bond acceptors (Lipinski definition) is 4. The first kappa shape index (κ1) is 16.6. The minimum absolute atomic E-state index is 0.0720. The number of carbonyl (C=O) groups excluding carboxylic acids is 1. The normalized spacial score (nSPS) is 15.3. The molecule has 26 heavy (non-hydrogen) atoms. The smallest absolute Gasteiger partial charge is 0.317 e. The number of nitrogens with zero attached hydrogens (tertiary/aromatic N) is 3. The molecule has 0 radical (unpaired) electrons. The fourth-order valence-electron chi connectivity index (χ4n) is 3.67. The SMILES string of the molecule is Cc1noc(CNC(=O)N2CCC(c3cccc4ccccc34)CC2)n1. The minimum Gasteiger partial charge on any atom is -0.337 e. The Morgan fingerprint density at radius 3 is 2.73 bits per heavy atom. The van der Waals surface area contributed by atoms with Crippen LogP contribution >= 0.6 is 0 Å². The molecular weight excluding hydrogens is 328 g/mol. The molecule has 0 atom stereocenters. The van der Waals surface area contributed by atoms with Crippen LogP contribution in [0.15, 0.2) is 47.0 Å². The van der Waals surface area contributed by atoms with E-state index >= 15 is 0 Å². The van der Waals surface area contributed by atoms with Crippen molar-refractivity contribution >= 4 is 16.8 Å². The van der Waals surface area contributed by atoms with Gasteiger partial charge in [0.15, 0.2) is 5.82 Å². The molecule has 1 saturated heterocycles. The Kier molecular flexibility index (Phi) is 4.56. The molecule has 0 bridgehead atoms. The summed E-state index contributed by atoms with van der Waals surface area (Å²) in [4.78, 5) is 18.3. The number of fused-ring (bicyclic) bond motifs is 1. The number of aromatic nitrogens is 2. The van der Waals surface area contributed by atoms with Gasteiger partial charge in [0.25, 0.3) is 0 Å². The number of nitrogens with one attached hydrogen (secondary N) is 1. The Bertz CT molecular complexity index is 908. The number of likely N-dealkylation sites (tertiary alicyclic amines) is 1. The zero-order valence-electron chi connectivity index (χ0n) is 14.8. The third kappa shape index (κ3) is 3.40. The van der Waals surface area contributed by atoms with Crippen LogP contribution in [0.3, 0.4) is 0 Å². The first-order chi connectivity index (χ1) is 12.7. The Morgan fingerprint density at radius 2 is 1.96 bits per heavy atom. The molecule has 1 fully saturated rings. The molecule has 2 aromatic carbocycles. The van der Waals surface area contributed by atoms with Crippen LogP contribution in [0.5, 0.6) is 0 Å². The molecule has 1 aromatic heterocycles. The van der Waals surface area contributed by atoms with E-state index in [4.69, 9.17) is 4.52 Å². The van der Waals surface area contributed by atoms with Gasteiger partial charge < -0.3 is 14.7 Å². The molecule has 0 unspecified atom stereocenters. The van der Waals surface area contributed by atoms with E-state index in [2.05, 4.69) is 57.9 Å². The number of piperidine rings is 1.